The first kappa shape index (κ1) is 33.1. The van der Waals surface area contributed by atoms with Gasteiger partial charge in [-0.05, 0) is 38.1 Å². The van der Waals surface area contributed by atoms with Crippen LogP contribution in [0.2, 0.25) is 0 Å². The van der Waals surface area contributed by atoms with Crippen LogP contribution in [-0.4, -0.2) is 87.7 Å². The summed E-state index contributed by atoms with van der Waals surface area (Å²) in [6.45, 7) is 9.78. The van der Waals surface area contributed by atoms with Crippen molar-refractivity contribution in [3.05, 3.63) is 48.6 Å². The Morgan fingerprint density at radius 3 is 1.74 bits per heavy atom. The van der Waals surface area contributed by atoms with E-state index in [2.05, 4.69) is 24.1 Å². The van der Waals surface area contributed by atoms with Crippen LogP contribution in [0.4, 0.5) is 0 Å². The molecule has 39 heavy (non-hydrogen) atoms. The summed E-state index contributed by atoms with van der Waals surface area (Å²) in [4.78, 5) is 40.7. The summed E-state index contributed by atoms with van der Waals surface area (Å²) in [6, 6.07) is 8.07. The van der Waals surface area contributed by atoms with Gasteiger partial charge in [0.05, 0.1) is 0 Å². The second kappa shape index (κ2) is 17.6. The molecule has 1 aliphatic heterocycles. The van der Waals surface area contributed by atoms with Crippen LogP contribution in [-0.2, 0) is 19.2 Å². The molecule has 0 aromatic heterocycles. The molecule has 1 unspecified atom stereocenters. The molecule has 2 aliphatic rings. The number of hydrogen-bond acceptors (Lipinski definition) is 8. The first-order valence-electron chi connectivity index (χ1n) is 12.7. The Kier molecular flexibility index (Phi) is 14.9. The van der Waals surface area contributed by atoms with Gasteiger partial charge in [-0.3, -0.25) is 0 Å². The first-order valence-corrected chi connectivity index (χ1v) is 12.7. The molecule has 1 spiro atoms. The highest BCUT2D eigenvalue weighted by Gasteiger charge is 2.49. The summed E-state index contributed by atoms with van der Waals surface area (Å²) in [7, 11) is 0. The van der Waals surface area contributed by atoms with Crippen molar-refractivity contribution in [1.29, 1.82) is 0 Å². The van der Waals surface area contributed by atoms with Crippen molar-refractivity contribution in [2.45, 2.75) is 45.3 Å². The predicted molar refractivity (Wildman–Crippen MR) is 142 cm³/mol. The van der Waals surface area contributed by atoms with Crippen molar-refractivity contribution in [1.82, 2.24) is 10.2 Å². The quantitative estimate of drug-likeness (QED) is 0.201. The van der Waals surface area contributed by atoms with Gasteiger partial charge in [0.15, 0.2) is 11.5 Å². The molecule has 5 N–H and O–H groups in total. The number of aliphatic carboxylic acids is 4. The van der Waals surface area contributed by atoms with E-state index in [4.69, 9.17) is 29.9 Å². The molecule has 1 aromatic rings. The molecule has 0 radical (unpaired) electrons. The third-order valence-corrected chi connectivity index (χ3v) is 5.99. The second-order valence-corrected chi connectivity index (χ2v) is 8.66. The lowest BCUT2D eigenvalue weighted by Gasteiger charge is -2.39. The number of rotatable bonds is 11. The number of likely N-dealkylation sites (N-methyl/N-ethyl adjacent to an activating group) is 1. The zero-order valence-electron chi connectivity index (χ0n) is 22.2. The Labute approximate surface area is 227 Å². The van der Waals surface area contributed by atoms with E-state index in [0.29, 0.717) is 30.2 Å². The number of benzene rings is 1. The highest BCUT2D eigenvalue weighted by Crippen LogP contribution is 2.47. The Bertz CT molecular complexity index is 913. The molecule has 1 aliphatic carbocycles. The van der Waals surface area contributed by atoms with Crippen LogP contribution in [0.25, 0.3) is 0 Å². The normalized spacial score (nSPS) is 16.8. The Morgan fingerprint density at radius 1 is 0.872 bits per heavy atom. The van der Waals surface area contributed by atoms with E-state index in [0.717, 1.165) is 50.6 Å². The number of nitrogens with one attached hydrogen (secondary N) is 1. The lowest BCUT2D eigenvalue weighted by molar-refractivity contribution is -0.146. The van der Waals surface area contributed by atoms with Crippen molar-refractivity contribution >= 4 is 23.9 Å². The topological polar surface area (TPSA) is 183 Å². The largest absolute Gasteiger partial charge is 0.478 e. The molecule has 1 fully saturated rings. The zero-order chi connectivity index (χ0) is 29.3. The van der Waals surface area contributed by atoms with E-state index in [1.165, 1.54) is 19.3 Å². The van der Waals surface area contributed by atoms with E-state index < -0.39 is 29.7 Å². The van der Waals surface area contributed by atoms with Gasteiger partial charge in [-0.2, -0.15) is 0 Å². The average molecular weight is 551 g/mol. The first-order chi connectivity index (χ1) is 18.5. The molecule has 0 bridgehead atoms. The fourth-order valence-electron chi connectivity index (χ4n) is 4.06. The van der Waals surface area contributed by atoms with Crippen molar-refractivity contribution in [3.8, 4) is 11.5 Å². The summed E-state index contributed by atoms with van der Waals surface area (Å²) in [5, 5.41) is 34.9. The SMILES string of the molecule is CCN(CC)CCNCC1CCCCC12Oc1ccccc1O2.O=C(O)/C=C\C(=O)O.O=C(O)/C=C\C(=O)O. The molecular formula is C27H38N2O10. The number of carboxylic acids is 4. The molecule has 3 rings (SSSR count). The Balaban J connectivity index is 0.000000393. The summed E-state index contributed by atoms with van der Waals surface area (Å²) in [5.41, 5.74) is 0. The van der Waals surface area contributed by atoms with Gasteiger partial charge in [0.25, 0.3) is 5.79 Å². The average Bonchev–Trinajstić information content (AvgIpc) is 3.26. The van der Waals surface area contributed by atoms with Crippen molar-refractivity contribution in [3.63, 3.8) is 0 Å². The molecule has 1 saturated carbocycles. The van der Waals surface area contributed by atoms with Gasteiger partial charge < -0.3 is 40.1 Å². The van der Waals surface area contributed by atoms with Crippen molar-refractivity contribution < 1.29 is 49.1 Å². The minimum absolute atomic E-state index is 0.417. The van der Waals surface area contributed by atoms with Gasteiger partial charge in [0.1, 0.15) is 0 Å². The smallest absolute Gasteiger partial charge is 0.328 e. The molecule has 1 aromatic carbocycles. The monoisotopic (exact) mass is 550 g/mol. The van der Waals surface area contributed by atoms with Crippen LogP contribution in [0.5, 0.6) is 11.5 Å². The van der Waals surface area contributed by atoms with Crippen LogP contribution in [0.15, 0.2) is 48.6 Å². The lowest BCUT2D eigenvalue weighted by Crippen LogP contribution is -2.52. The maximum absolute atomic E-state index is 9.55. The van der Waals surface area contributed by atoms with E-state index in [1.54, 1.807) is 0 Å². The summed E-state index contributed by atoms with van der Waals surface area (Å²) < 4.78 is 12.6. The summed E-state index contributed by atoms with van der Waals surface area (Å²) >= 11 is 0. The van der Waals surface area contributed by atoms with Crippen LogP contribution in [0, 0.1) is 5.92 Å². The Morgan fingerprint density at radius 2 is 1.33 bits per heavy atom. The molecule has 0 amide bonds. The molecule has 12 heteroatoms. The highest BCUT2D eigenvalue weighted by atomic mass is 16.7. The molecule has 216 valence electrons. The molecule has 1 heterocycles. The minimum Gasteiger partial charge on any atom is -0.478 e. The number of para-hydroxylation sites is 2. The minimum atomic E-state index is -1.26. The van der Waals surface area contributed by atoms with Crippen molar-refractivity contribution in [2.75, 3.05) is 32.7 Å². The van der Waals surface area contributed by atoms with Crippen LogP contribution >= 0.6 is 0 Å². The third kappa shape index (κ3) is 12.9. The number of fused-ring (bicyclic) bond motifs is 1. The van der Waals surface area contributed by atoms with Crippen LogP contribution in [0.3, 0.4) is 0 Å². The lowest BCUT2D eigenvalue weighted by atomic mass is 9.83. The summed E-state index contributed by atoms with van der Waals surface area (Å²) in [6.07, 6.45) is 6.85. The zero-order valence-corrected chi connectivity index (χ0v) is 22.2. The van der Waals surface area contributed by atoms with E-state index in [-0.39, 0.29) is 0 Å². The van der Waals surface area contributed by atoms with Crippen LogP contribution in [0.1, 0.15) is 39.5 Å². The molecule has 12 nitrogen and oxygen atoms in total. The maximum atomic E-state index is 9.55. The van der Waals surface area contributed by atoms with Crippen LogP contribution < -0.4 is 14.8 Å². The number of hydrogen-bond donors (Lipinski definition) is 5. The number of carbonyl (C=O) groups is 4. The van der Waals surface area contributed by atoms with E-state index in [1.807, 2.05) is 24.3 Å². The number of carboxylic acid groups (broad SMARTS) is 4. The van der Waals surface area contributed by atoms with Crippen molar-refractivity contribution in [2.24, 2.45) is 5.92 Å². The fourth-order valence-corrected chi connectivity index (χ4v) is 4.06. The van der Waals surface area contributed by atoms with E-state index in [9.17, 15) is 19.2 Å². The Hall–Kier alpha value is -3.90. The molecule has 1 atom stereocenters. The van der Waals surface area contributed by atoms with Gasteiger partial charge in [0, 0.05) is 56.3 Å². The van der Waals surface area contributed by atoms with Gasteiger partial charge >= 0.3 is 23.9 Å². The van der Waals surface area contributed by atoms with Gasteiger partial charge in [-0.1, -0.05) is 32.4 Å². The maximum Gasteiger partial charge on any atom is 0.328 e. The number of nitrogens with zero attached hydrogens (tertiary/aromatic N) is 1. The second-order valence-electron chi connectivity index (χ2n) is 8.66. The third-order valence-electron chi connectivity index (χ3n) is 5.99. The standard InChI is InChI=1S/C19H30N2O2.2C4H4O4/c1-3-21(4-2)14-13-20-15-16-9-7-8-12-19(16)22-17-10-5-6-11-18(17)23-19;2*5-3(6)1-2-4(7)8/h5-6,10-11,16,20H,3-4,7-9,12-15H2,1-2H3;2*1-2H,(H,5,6)(H,7,8)/b;2*2-1-. The highest BCUT2D eigenvalue weighted by molar-refractivity contribution is 5.90. The molecular weight excluding hydrogens is 512 g/mol. The van der Waals surface area contributed by atoms with Gasteiger partial charge in [-0.15, -0.1) is 0 Å². The van der Waals surface area contributed by atoms with Gasteiger partial charge in [0.2, 0.25) is 0 Å². The predicted octanol–water partition coefficient (Wildman–Crippen LogP) is 2.70. The fraction of sp³-hybridized carbons (Fsp3) is 0.481. The van der Waals surface area contributed by atoms with E-state index >= 15 is 0 Å². The van der Waals surface area contributed by atoms with Gasteiger partial charge in [-0.25, -0.2) is 19.2 Å². The summed E-state index contributed by atoms with van der Waals surface area (Å²) in [5.74, 6) is -3.24. The molecule has 0 saturated heterocycles. The number of ether oxygens (including phenoxy) is 2.